The van der Waals surface area contributed by atoms with Crippen molar-refractivity contribution in [3.05, 3.63) is 130 Å². The van der Waals surface area contributed by atoms with Crippen molar-refractivity contribution in [1.29, 1.82) is 0 Å². The van der Waals surface area contributed by atoms with E-state index >= 15 is 4.79 Å². The number of aliphatic hydroxyl groups is 3. The topological polar surface area (TPSA) is 113 Å². The normalized spacial score (nSPS) is 43.6. The molecule has 0 saturated heterocycles. The van der Waals surface area contributed by atoms with Crippen LogP contribution in [-0.2, 0) is 30.9 Å². The molecule has 7 fully saturated rings. The lowest BCUT2D eigenvalue weighted by molar-refractivity contribution is -0.332. The molecule has 3 N–H and O–H groups in total. The van der Waals surface area contributed by atoms with Gasteiger partial charge in [0.25, 0.3) is 0 Å². The third-order valence-electron chi connectivity index (χ3n) is 28.3. The first-order valence-corrected chi connectivity index (χ1v) is 35.5. The van der Waals surface area contributed by atoms with E-state index in [-0.39, 0.29) is 76.7 Å². The summed E-state index contributed by atoms with van der Waals surface area (Å²) in [5.41, 5.74) is 4.94. The zero-order valence-electron chi connectivity index (χ0n) is 52.8. The van der Waals surface area contributed by atoms with Crippen LogP contribution in [0.4, 0.5) is 0 Å². The van der Waals surface area contributed by atoms with Gasteiger partial charge in [-0.2, -0.15) is 0 Å². The van der Waals surface area contributed by atoms with Crippen LogP contribution in [0.1, 0.15) is 220 Å². The molecule has 462 valence electrons. The van der Waals surface area contributed by atoms with Crippen LogP contribution in [0.25, 0.3) is 10.8 Å². The van der Waals surface area contributed by atoms with Gasteiger partial charge in [-0.15, -0.1) is 5.92 Å². The van der Waals surface area contributed by atoms with E-state index in [0.29, 0.717) is 55.8 Å². The van der Waals surface area contributed by atoms with E-state index < -0.39 is 52.5 Å². The minimum absolute atomic E-state index is 0.00721. The fourth-order valence-corrected chi connectivity index (χ4v) is 24.9. The molecule has 16 rings (SSSR count). The summed E-state index contributed by atoms with van der Waals surface area (Å²) in [5.74, 6) is 15.4. The first kappa shape index (κ1) is 57.9. The zero-order valence-corrected chi connectivity index (χ0v) is 52.8. The number of aryl methyl sites for hydroxylation is 1. The standard InChI is InChI=1S/C81H96O7/c1-50(17-14-20-52-18-6-4-7-19-52)41-57-31-30-55-22-10-11-27-60(55)75(85)88-67-42-51(2)80(86,40-35-54-43-69(83)87-48-54)81(74(57)84)68(82)36-38-76(3,73(67)81)64-44-65-61-28-16-23-56-32-33-62-63-29-12-13-37-78(63,59-25-8-5-9-26-59)47-66-72(71(62)70(56)61)79(65)46-58(64)24-15-21-53-34-39-77(66,45-53)49-79/h4-9,16,18-19,23,25-26,28,32-33,43,50-51,53,55,57-58,60,63-68,72-74,82,84,86H,10-14,17,20-22,27,29,34-42,44-49H2,1-3H3/t50-,51-,53+,55+,57-,58+,60+,63+,64+,65+,66-,67-,68+,72+,73+,74-,76+,77+,78-,79-,80-,81+/m1/s1. The number of esters is 2. The van der Waals surface area contributed by atoms with Gasteiger partial charge in [0.2, 0.25) is 0 Å². The maximum atomic E-state index is 15.6. The smallest absolute Gasteiger partial charge is 0.331 e. The van der Waals surface area contributed by atoms with Crippen LogP contribution in [0.15, 0.2) is 103 Å². The number of fused-ring (bicyclic) bond motifs is 6. The molecule has 0 amide bonds. The van der Waals surface area contributed by atoms with E-state index in [2.05, 4.69) is 135 Å². The highest BCUT2D eigenvalue weighted by atomic mass is 16.5. The van der Waals surface area contributed by atoms with Crippen molar-refractivity contribution in [3.63, 3.8) is 0 Å². The van der Waals surface area contributed by atoms with Gasteiger partial charge in [-0.1, -0.05) is 162 Å². The van der Waals surface area contributed by atoms with Gasteiger partial charge in [0, 0.05) is 41.6 Å². The zero-order chi connectivity index (χ0) is 60.0. The lowest BCUT2D eigenvalue weighted by Gasteiger charge is -2.71. The highest BCUT2D eigenvalue weighted by molar-refractivity contribution is 5.93. The molecule has 0 unspecified atom stereocenters. The van der Waals surface area contributed by atoms with E-state index in [1.807, 2.05) is 0 Å². The van der Waals surface area contributed by atoms with Crippen LogP contribution >= 0.6 is 0 Å². The molecule has 2 aliphatic heterocycles. The predicted molar refractivity (Wildman–Crippen MR) is 344 cm³/mol. The van der Waals surface area contributed by atoms with E-state index in [1.165, 1.54) is 74.3 Å². The first-order chi connectivity index (χ1) is 42.7. The van der Waals surface area contributed by atoms with Gasteiger partial charge in [-0.25, -0.2) is 4.79 Å². The summed E-state index contributed by atoms with van der Waals surface area (Å²) in [5, 5.41) is 46.2. The SMILES string of the molecule is C[C@H](CCCc1ccccc1)C[C@H]1C#C[C@@H]2CCCC[C@@H]2C(=O)O[C@@H]2C[C@@H](C)[C@](O)(CCC3=CC(=O)OC3)[C@@]3([C@@H]1O)[C@@H](O)CC[C@@](C)([C@H]1C[C@H]4c5cccc6ccc7c(c56)[C@@H]5[C@@H](C[C@@]6(c8ccccc8)CCCC[C@@H]76)[C@]67CC[C@H](CC#C[C@H]1C[C@]54C6)C7)[C@H]23. The molecule has 2 heterocycles. The number of carbonyl (C=O) groups is 2. The number of hydrogen-bond donors (Lipinski definition) is 3. The maximum Gasteiger partial charge on any atom is 0.331 e. The predicted octanol–water partition coefficient (Wildman–Crippen LogP) is 15.8. The first-order valence-electron chi connectivity index (χ1n) is 35.5. The second-order valence-corrected chi connectivity index (χ2v) is 32.2. The monoisotopic (exact) mass is 1180 g/mol. The summed E-state index contributed by atoms with van der Waals surface area (Å²) < 4.78 is 12.9. The second-order valence-electron chi connectivity index (χ2n) is 32.2. The van der Waals surface area contributed by atoms with Crippen LogP contribution in [0.2, 0.25) is 0 Å². The van der Waals surface area contributed by atoms with E-state index in [1.54, 1.807) is 28.2 Å². The van der Waals surface area contributed by atoms with Crippen molar-refractivity contribution in [2.45, 2.75) is 228 Å². The van der Waals surface area contributed by atoms with Crippen LogP contribution in [-0.4, -0.2) is 57.8 Å². The fraction of sp³-hybridized carbons (Fsp3) is 0.630. The molecule has 6 bridgehead atoms. The molecular formula is C81H96O7. The molecule has 88 heavy (non-hydrogen) atoms. The minimum atomic E-state index is -1.66. The summed E-state index contributed by atoms with van der Waals surface area (Å²) in [6.45, 7) is 7.03. The maximum absolute atomic E-state index is 15.6. The van der Waals surface area contributed by atoms with Crippen molar-refractivity contribution < 1.29 is 34.4 Å². The van der Waals surface area contributed by atoms with Crippen molar-refractivity contribution in [1.82, 2.24) is 0 Å². The van der Waals surface area contributed by atoms with Gasteiger partial charge in [0.05, 0.1) is 29.1 Å². The quantitative estimate of drug-likeness (QED) is 0.101. The number of benzene rings is 4. The van der Waals surface area contributed by atoms with Gasteiger partial charge >= 0.3 is 11.9 Å². The largest absolute Gasteiger partial charge is 0.462 e. The summed E-state index contributed by atoms with van der Waals surface area (Å²) in [6, 6.07) is 35.0. The number of rotatable bonds is 11. The molecule has 7 nitrogen and oxygen atoms in total. The van der Waals surface area contributed by atoms with E-state index in [9.17, 15) is 20.1 Å². The molecule has 22 atom stereocenters. The van der Waals surface area contributed by atoms with Crippen LogP contribution < -0.4 is 0 Å². The lowest BCUT2D eigenvalue weighted by Crippen LogP contribution is -2.78. The number of ether oxygens (including phenoxy) is 2. The van der Waals surface area contributed by atoms with Gasteiger partial charge in [-0.05, 0) is 230 Å². The van der Waals surface area contributed by atoms with Gasteiger partial charge in [-0.3, -0.25) is 4.79 Å². The molecule has 0 aromatic heterocycles. The Labute approximate surface area is 524 Å². The molecule has 2 spiro atoms. The Bertz CT molecular complexity index is 3550. The molecule has 4 aromatic carbocycles. The Hall–Kier alpha value is -5.18. The number of cyclic esters (lactones) is 1. The van der Waals surface area contributed by atoms with E-state index in [4.69, 9.17) is 9.47 Å². The van der Waals surface area contributed by atoms with Gasteiger partial charge in [0.1, 0.15) is 12.7 Å². The number of carbonyl (C=O) groups excluding carboxylic acids is 2. The molecule has 12 aliphatic rings. The molecular weight excluding hydrogens is 1080 g/mol. The average Bonchev–Trinajstić information content (AvgIpc) is 1.29. The number of hydrogen-bond acceptors (Lipinski definition) is 7. The highest BCUT2D eigenvalue weighted by Gasteiger charge is 2.78. The summed E-state index contributed by atoms with van der Waals surface area (Å²) in [6.07, 6.45) is 21.6. The Morgan fingerprint density at radius 3 is 2.40 bits per heavy atom. The van der Waals surface area contributed by atoms with Crippen LogP contribution in [0.3, 0.4) is 0 Å². The van der Waals surface area contributed by atoms with Crippen molar-refractivity contribution in [2.75, 3.05) is 6.61 Å². The fourth-order valence-electron chi connectivity index (χ4n) is 24.9. The summed E-state index contributed by atoms with van der Waals surface area (Å²) in [7, 11) is 0. The highest BCUT2D eigenvalue weighted by Crippen LogP contribution is 2.82. The Balaban J connectivity index is 0.879. The van der Waals surface area contributed by atoms with Crippen LogP contribution in [0.5, 0.6) is 0 Å². The Morgan fingerprint density at radius 2 is 1.57 bits per heavy atom. The average molecular weight is 1180 g/mol. The summed E-state index contributed by atoms with van der Waals surface area (Å²) in [4.78, 5) is 28.4. The minimum Gasteiger partial charge on any atom is -0.462 e. The molecule has 7 saturated carbocycles. The third kappa shape index (κ3) is 8.59. The molecule has 0 radical (unpaired) electrons. The van der Waals surface area contributed by atoms with Crippen LogP contribution in [0, 0.1) is 105 Å². The van der Waals surface area contributed by atoms with Gasteiger partial charge < -0.3 is 24.8 Å². The lowest BCUT2D eigenvalue weighted by atomic mass is 9.35. The molecule has 10 aliphatic carbocycles. The second kappa shape index (κ2) is 21.7. The van der Waals surface area contributed by atoms with Crippen molar-refractivity contribution in [2.24, 2.45) is 80.8 Å². The van der Waals surface area contributed by atoms with Gasteiger partial charge in [0.15, 0.2) is 0 Å². The Kier molecular flexibility index (Phi) is 14.3. The van der Waals surface area contributed by atoms with Crippen molar-refractivity contribution >= 4 is 22.7 Å². The van der Waals surface area contributed by atoms with Crippen molar-refractivity contribution in [3.8, 4) is 23.7 Å². The Morgan fingerprint density at radius 1 is 0.750 bits per heavy atom. The molecule has 7 heteroatoms. The number of aliphatic hydroxyl groups excluding tert-OH is 2. The third-order valence-corrected chi connectivity index (χ3v) is 28.3. The molecule has 4 aromatic rings. The summed E-state index contributed by atoms with van der Waals surface area (Å²) >= 11 is 0. The van der Waals surface area contributed by atoms with E-state index in [0.717, 1.165) is 69.8 Å².